The molecule has 1 aromatic rings. The molecule has 0 aromatic heterocycles. The zero-order valence-corrected chi connectivity index (χ0v) is 9.88. The third kappa shape index (κ3) is 3.00. The molecule has 1 rings (SSSR count). The minimum atomic E-state index is -0.819. The number of ketones is 1. The maximum Gasteiger partial charge on any atom is 0.341 e. The lowest BCUT2D eigenvalue weighted by Crippen LogP contribution is -2.11. The van der Waals surface area contributed by atoms with Gasteiger partial charge in [0.25, 0.3) is 5.69 Å². The number of Topliss-reactive ketones (excluding diaryl/α,β-unsaturated/α-hetero) is 1. The van der Waals surface area contributed by atoms with Gasteiger partial charge in [0.05, 0.1) is 17.6 Å². The van der Waals surface area contributed by atoms with Crippen LogP contribution in [0.5, 0.6) is 0 Å². The summed E-state index contributed by atoms with van der Waals surface area (Å²) in [5.41, 5.74) is -0.231. The molecule has 0 aliphatic heterocycles. The average Bonchev–Trinajstić information content (AvgIpc) is 2.34. The number of nitro benzene ring substituents is 1. The third-order valence-electron chi connectivity index (χ3n) is 2.22. The summed E-state index contributed by atoms with van der Waals surface area (Å²) in [5, 5.41) is 10.8. The molecule has 6 heteroatoms. The topological polar surface area (TPSA) is 86.5 Å². The first-order chi connectivity index (χ1) is 8.47. The van der Waals surface area contributed by atoms with Gasteiger partial charge in [0.2, 0.25) is 0 Å². The first kappa shape index (κ1) is 13.6. The molecule has 0 spiro atoms. The Hall–Kier alpha value is -2.50. The highest BCUT2D eigenvalue weighted by molar-refractivity contribution is 6.19. The van der Waals surface area contributed by atoms with E-state index in [-0.39, 0.29) is 16.8 Å². The number of methoxy groups -OCH3 is 1. The number of nitro groups is 1. The van der Waals surface area contributed by atoms with Crippen LogP contribution in [0.25, 0.3) is 6.08 Å². The number of hydrogen-bond donors (Lipinski definition) is 0. The number of carbonyl (C=O) groups is 2. The second-order valence-electron chi connectivity index (χ2n) is 3.42. The molecule has 18 heavy (non-hydrogen) atoms. The van der Waals surface area contributed by atoms with Crippen LogP contribution in [0, 0.1) is 10.1 Å². The van der Waals surface area contributed by atoms with Crippen LogP contribution in [-0.4, -0.2) is 23.8 Å². The van der Waals surface area contributed by atoms with Crippen molar-refractivity contribution in [3.63, 3.8) is 0 Å². The van der Waals surface area contributed by atoms with Gasteiger partial charge in [-0.25, -0.2) is 4.79 Å². The van der Waals surface area contributed by atoms with Crippen LogP contribution in [0.3, 0.4) is 0 Å². The second kappa shape index (κ2) is 5.72. The Morgan fingerprint density at radius 3 is 2.56 bits per heavy atom. The number of ether oxygens (including phenoxy) is 1. The third-order valence-corrected chi connectivity index (χ3v) is 2.22. The second-order valence-corrected chi connectivity index (χ2v) is 3.42. The fourth-order valence-electron chi connectivity index (χ4n) is 1.35. The lowest BCUT2D eigenvalue weighted by Gasteiger charge is -2.02. The summed E-state index contributed by atoms with van der Waals surface area (Å²) in [7, 11) is 1.14. The van der Waals surface area contributed by atoms with Gasteiger partial charge < -0.3 is 4.74 Å². The Balaban J connectivity index is 3.33. The minimum Gasteiger partial charge on any atom is -0.465 e. The number of esters is 1. The fraction of sp³-hybridized carbons (Fsp3) is 0.167. The minimum absolute atomic E-state index is 0.179. The maximum absolute atomic E-state index is 11.4. The summed E-state index contributed by atoms with van der Waals surface area (Å²) < 4.78 is 4.45. The Kier molecular flexibility index (Phi) is 4.31. The molecule has 0 heterocycles. The predicted octanol–water partition coefficient (Wildman–Crippen LogP) is 1.74. The highest BCUT2D eigenvalue weighted by Crippen LogP contribution is 2.21. The van der Waals surface area contributed by atoms with Crippen molar-refractivity contribution in [1.82, 2.24) is 0 Å². The Labute approximate surface area is 103 Å². The van der Waals surface area contributed by atoms with Gasteiger partial charge in [0.1, 0.15) is 5.57 Å². The van der Waals surface area contributed by atoms with Gasteiger partial charge in [-0.1, -0.05) is 12.1 Å². The van der Waals surface area contributed by atoms with Crippen LogP contribution in [0.15, 0.2) is 29.8 Å². The van der Waals surface area contributed by atoms with Crippen molar-refractivity contribution in [2.24, 2.45) is 0 Å². The maximum atomic E-state index is 11.4. The van der Waals surface area contributed by atoms with Gasteiger partial charge in [-0.15, -0.1) is 0 Å². The van der Waals surface area contributed by atoms with Crippen molar-refractivity contribution in [2.45, 2.75) is 6.92 Å². The largest absolute Gasteiger partial charge is 0.465 e. The predicted molar refractivity (Wildman–Crippen MR) is 63.8 cm³/mol. The van der Waals surface area contributed by atoms with E-state index in [9.17, 15) is 19.7 Å². The molecule has 0 saturated heterocycles. The lowest BCUT2D eigenvalue weighted by atomic mass is 10.1. The molecule has 6 nitrogen and oxygen atoms in total. The standard InChI is InChI=1S/C12H11NO5/c1-8(14)10(12(15)18-2)7-9-5-3-4-6-11(9)13(16)17/h3-7H,1-2H3/b10-7+/i8+2. The van der Waals surface area contributed by atoms with Gasteiger partial charge in [0.15, 0.2) is 5.78 Å². The average molecular weight is 251 g/mol. The van der Waals surface area contributed by atoms with Gasteiger partial charge in [-0.2, -0.15) is 0 Å². The van der Waals surface area contributed by atoms with Crippen molar-refractivity contribution in [3.05, 3.63) is 45.5 Å². The summed E-state index contributed by atoms with van der Waals surface area (Å²) in [5.74, 6) is -1.33. The van der Waals surface area contributed by atoms with Crippen LogP contribution < -0.4 is 0 Å². The van der Waals surface area contributed by atoms with E-state index >= 15 is 0 Å². The first-order valence-corrected chi connectivity index (χ1v) is 5.01. The van der Waals surface area contributed by atoms with Crippen molar-refractivity contribution in [1.29, 1.82) is 0 Å². The lowest BCUT2D eigenvalue weighted by molar-refractivity contribution is -0.385. The van der Waals surface area contributed by atoms with Crippen LogP contribution in [0.1, 0.15) is 12.5 Å². The molecule has 0 fully saturated rings. The van der Waals surface area contributed by atoms with Crippen LogP contribution >= 0.6 is 0 Å². The molecule has 0 atom stereocenters. The number of rotatable bonds is 4. The number of carbonyl (C=O) groups excluding carboxylic acids is 2. The van der Waals surface area contributed by atoms with Gasteiger partial charge in [0, 0.05) is 6.07 Å². The van der Waals surface area contributed by atoms with Gasteiger partial charge >= 0.3 is 5.97 Å². The zero-order valence-electron chi connectivity index (χ0n) is 9.88. The normalized spacial score (nSPS) is 10.9. The molecule has 0 saturated carbocycles. The van der Waals surface area contributed by atoms with E-state index in [0.29, 0.717) is 0 Å². The smallest absolute Gasteiger partial charge is 0.341 e. The van der Waals surface area contributed by atoms with Gasteiger partial charge in [-0.3, -0.25) is 14.9 Å². The molecule has 0 unspecified atom stereocenters. The highest BCUT2D eigenvalue weighted by Gasteiger charge is 2.18. The first-order valence-electron chi connectivity index (χ1n) is 5.01. The quantitative estimate of drug-likeness (QED) is 0.203. The van der Waals surface area contributed by atoms with Crippen molar-refractivity contribution in [2.75, 3.05) is 7.11 Å². The monoisotopic (exact) mass is 251 g/mol. The van der Waals surface area contributed by atoms with E-state index in [4.69, 9.17) is 0 Å². The van der Waals surface area contributed by atoms with E-state index < -0.39 is 16.7 Å². The van der Waals surface area contributed by atoms with E-state index in [0.717, 1.165) is 13.2 Å². The molecule has 0 amide bonds. The van der Waals surface area contributed by atoms with Crippen molar-refractivity contribution < 1.29 is 19.2 Å². The molecule has 0 bridgehead atoms. The number of benzene rings is 1. The zero-order chi connectivity index (χ0) is 13.7. The SMILES string of the molecule is COC(=O)/C(=C/c1ccccc1[N+](=O)[O-])[14C](C)=O. The summed E-state index contributed by atoms with van der Waals surface area (Å²) in [6.45, 7) is 1.19. The summed E-state index contributed by atoms with van der Waals surface area (Å²) in [4.78, 5) is 32.9. The molecule has 0 radical (unpaired) electrons. The molecular weight excluding hydrogens is 240 g/mol. The summed E-state index contributed by atoms with van der Waals surface area (Å²) in [6, 6.07) is 5.82. The van der Waals surface area contributed by atoms with E-state index in [1.54, 1.807) is 6.07 Å². The van der Waals surface area contributed by atoms with Crippen LogP contribution in [0.4, 0.5) is 5.69 Å². The highest BCUT2D eigenvalue weighted by atomic mass is 16.6. The fourth-order valence-corrected chi connectivity index (χ4v) is 1.35. The number of para-hydroxylation sites is 1. The van der Waals surface area contributed by atoms with E-state index in [1.165, 1.54) is 25.1 Å². The Morgan fingerprint density at radius 1 is 1.44 bits per heavy atom. The van der Waals surface area contributed by atoms with Gasteiger partial charge in [-0.05, 0) is 19.1 Å². The molecule has 0 aliphatic carbocycles. The molecule has 0 aliphatic rings. The molecule has 94 valence electrons. The molecule has 0 N–H and O–H groups in total. The van der Waals surface area contributed by atoms with Crippen molar-refractivity contribution in [3.8, 4) is 0 Å². The number of nitrogens with zero attached hydrogens (tertiary/aromatic N) is 1. The van der Waals surface area contributed by atoms with Crippen LogP contribution in [-0.2, 0) is 14.3 Å². The number of hydrogen-bond acceptors (Lipinski definition) is 5. The Bertz CT molecular complexity index is 533. The summed E-state index contributed by atoms with van der Waals surface area (Å²) in [6.07, 6.45) is 1.16. The van der Waals surface area contributed by atoms with E-state index in [2.05, 4.69) is 4.74 Å². The summed E-state index contributed by atoms with van der Waals surface area (Å²) >= 11 is 0. The van der Waals surface area contributed by atoms with Crippen molar-refractivity contribution >= 4 is 23.5 Å². The molecule has 1 aromatic carbocycles. The van der Waals surface area contributed by atoms with E-state index in [1.807, 2.05) is 0 Å². The Morgan fingerprint density at radius 2 is 2.06 bits per heavy atom. The van der Waals surface area contributed by atoms with Crippen LogP contribution in [0.2, 0.25) is 0 Å². The molecular formula is C12H11NO5.